The third kappa shape index (κ3) is 3.09. The number of nitrogens with one attached hydrogen (secondary N) is 2. The molecule has 8 heteroatoms. The van der Waals surface area contributed by atoms with Crippen molar-refractivity contribution < 1.29 is 4.74 Å². The maximum atomic E-state index is 12.3. The quantitative estimate of drug-likeness (QED) is 0.851. The Kier molecular flexibility index (Phi) is 4.50. The largest absolute Gasteiger partial charge is 0.486 e. The number of rotatable bonds is 3. The first-order valence-electron chi connectivity index (χ1n) is 7.49. The lowest BCUT2D eigenvalue weighted by molar-refractivity contribution is 0.161. The van der Waals surface area contributed by atoms with Crippen LogP contribution >= 0.6 is 0 Å². The van der Waals surface area contributed by atoms with Crippen LogP contribution < -0.4 is 15.6 Å². The van der Waals surface area contributed by atoms with Crippen LogP contribution in [-0.2, 0) is 0 Å². The lowest BCUT2D eigenvalue weighted by atomic mass is 10.1. The molecule has 120 valence electrons. The molecule has 0 amide bonds. The predicted octanol–water partition coefficient (Wildman–Crippen LogP) is 0.706. The van der Waals surface area contributed by atoms with Crippen LogP contribution in [0.15, 0.2) is 23.1 Å². The molecule has 1 fully saturated rings. The van der Waals surface area contributed by atoms with E-state index < -0.39 is 5.56 Å². The average Bonchev–Trinajstić information content (AvgIpc) is 2.63. The van der Waals surface area contributed by atoms with Crippen molar-refractivity contribution in [3.05, 3.63) is 40.1 Å². The summed E-state index contributed by atoms with van der Waals surface area (Å²) in [4.78, 5) is 16.3. The summed E-state index contributed by atoms with van der Waals surface area (Å²) in [5, 5.41) is 27.5. The summed E-state index contributed by atoms with van der Waals surface area (Å²) in [6.45, 7) is 1.63. The third-order valence-electron chi connectivity index (χ3n) is 3.78. The molecule has 0 atom stereocenters. The Morgan fingerprint density at radius 1 is 1.21 bits per heavy atom. The molecule has 0 bridgehead atoms. The fourth-order valence-corrected chi connectivity index (χ4v) is 2.58. The second kappa shape index (κ2) is 6.90. The predicted molar refractivity (Wildman–Crippen MR) is 84.0 cm³/mol. The van der Waals surface area contributed by atoms with Gasteiger partial charge in [-0.15, -0.1) is 0 Å². The van der Waals surface area contributed by atoms with Crippen molar-refractivity contribution in [3.8, 4) is 29.0 Å². The molecule has 0 aliphatic carbocycles. The summed E-state index contributed by atoms with van der Waals surface area (Å²) < 4.78 is 5.96. The van der Waals surface area contributed by atoms with E-state index in [1.807, 2.05) is 12.1 Å². The first kappa shape index (κ1) is 15.7. The van der Waals surface area contributed by atoms with Crippen molar-refractivity contribution in [3.63, 3.8) is 0 Å². The van der Waals surface area contributed by atoms with Crippen molar-refractivity contribution in [2.24, 2.45) is 0 Å². The molecule has 0 saturated carbocycles. The van der Waals surface area contributed by atoms with E-state index in [1.54, 1.807) is 6.07 Å². The van der Waals surface area contributed by atoms with Gasteiger partial charge in [-0.05, 0) is 38.1 Å². The van der Waals surface area contributed by atoms with Crippen LogP contribution in [0.25, 0.3) is 11.1 Å². The van der Waals surface area contributed by atoms with Crippen molar-refractivity contribution >= 4 is 0 Å². The topological polar surface area (TPSA) is 127 Å². The van der Waals surface area contributed by atoms with Gasteiger partial charge in [0.05, 0.1) is 5.56 Å². The van der Waals surface area contributed by atoms with Gasteiger partial charge in [0.25, 0.3) is 5.56 Å². The SMILES string of the molecule is N#Cc1ccc(-c2c(OC3CCNCC3)c(C#N)n[nH]c2=O)cn1. The number of piperidine rings is 1. The fourth-order valence-electron chi connectivity index (χ4n) is 2.58. The lowest BCUT2D eigenvalue weighted by Gasteiger charge is -2.24. The van der Waals surface area contributed by atoms with Gasteiger partial charge in [-0.25, -0.2) is 10.1 Å². The maximum Gasteiger partial charge on any atom is 0.275 e. The Bertz CT molecular complexity index is 869. The molecule has 24 heavy (non-hydrogen) atoms. The van der Waals surface area contributed by atoms with Crippen molar-refractivity contribution in [1.29, 1.82) is 10.5 Å². The lowest BCUT2D eigenvalue weighted by Crippen LogP contribution is -2.34. The van der Waals surface area contributed by atoms with E-state index in [9.17, 15) is 10.1 Å². The normalized spacial score (nSPS) is 14.6. The highest BCUT2D eigenvalue weighted by Crippen LogP contribution is 2.30. The Morgan fingerprint density at radius 3 is 2.62 bits per heavy atom. The number of ether oxygens (including phenoxy) is 1. The number of aromatic nitrogens is 3. The standard InChI is InChI=1S/C16H14N6O2/c17-7-11-2-1-10(9-20-11)14-15(13(8-18)21-22-16(14)23)24-12-3-5-19-6-4-12/h1-2,9,12,19H,3-6H2,(H,22,23). The highest BCUT2D eigenvalue weighted by Gasteiger charge is 2.23. The van der Waals surface area contributed by atoms with Gasteiger partial charge in [0.15, 0.2) is 5.75 Å². The van der Waals surface area contributed by atoms with Crippen LogP contribution in [0.4, 0.5) is 0 Å². The number of hydrogen-bond acceptors (Lipinski definition) is 7. The van der Waals surface area contributed by atoms with Crippen molar-refractivity contribution in [2.45, 2.75) is 18.9 Å². The fraction of sp³-hybridized carbons (Fsp3) is 0.312. The van der Waals surface area contributed by atoms with E-state index in [0.29, 0.717) is 5.56 Å². The van der Waals surface area contributed by atoms with E-state index in [-0.39, 0.29) is 28.8 Å². The van der Waals surface area contributed by atoms with Gasteiger partial charge in [-0.3, -0.25) is 4.79 Å². The Morgan fingerprint density at radius 2 is 2.00 bits per heavy atom. The molecule has 3 rings (SSSR count). The Balaban J connectivity index is 2.07. The molecule has 2 aromatic rings. The second-order valence-electron chi connectivity index (χ2n) is 5.33. The summed E-state index contributed by atoms with van der Waals surface area (Å²) in [7, 11) is 0. The smallest absolute Gasteiger partial charge is 0.275 e. The van der Waals surface area contributed by atoms with Gasteiger partial charge >= 0.3 is 0 Å². The monoisotopic (exact) mass is 322 g/mol. The Hall–Kier alpha value is -3.23. The first-order chi connectivity index (χ1) is 11.7. The van der Waals surface area contributed by atoms with Gasteiger partial charge in [0.2, 0.25) is 5.69 Å². The van der Waals surface area contributed by atoms with Gasteiger partial charge in [0, 0.05) is 11.8 Å². The maximum absolute atomic E-state index is 12.3. The third-order valence-corrected chi connectivity index (χ3v) is 3.78. The van der Waals surface area contributed by atoms with Gasteiger partial charge in [-0.2, -0.15) is 15.6 Å². The second-order valence-corrected chi connectivity index (χ2v) is 5.33. The van der Waals surface area contributed by atoms with Crippen molar-refractivity contribution in [1.82, 2.24) is 20.5 Å². The molecule has 8 nitrogen and oxygen atoms in total. The van der Waals surface area contributed by atoms with Crippen LogP contribution in [0, 0.1) is 22.7 Å². The van der Waals surface area contributed by atoms with Crippen LogP contribution in [0.1, 0.15) is 24.2 Å². The zero-order valence-corrected chi connectivity index (χ0v) is 12.7. The first-order valence-corrected chi connectivity index (χ1v) is 7.49. The highest BCUT2D eigenvalue weighted by molar-refractivity contribution is 5.71. The zero-order valence-electron chi connectivity index (χ0n) is 12.7. The van der Waals surface area contributed by atoms with Crippen LogP contribution in [0.3, 0.4) is 0 Å². The number of hydrogen-bond donors (Lipinski definition) is 2. The molecule has 2 N–H and O–H groups in total. The van der Waals surface area contributed by atoms with Gasteiger partial charge in [0.1, 0.15) is 23.9 Å². The minimum atomic E-state index is -0.468. The molecule has 3 heterocycles. The van der Waals surface area contributed by atoms with Gasteiger partial charge < -0.3 is 10.1 Å². The number of H-pyrrole nitrogens is 1. The molecule has 0 unspecified atom stereocenters. The molecule has 1 saturated heterocycles. The van der Waals surface area contributed by atoms with E-state index in [1.165, 1.54) is 12.3 Å². The number of pyridine rings is 1. The van der Waals surface area contributed by atoms with Crippen LogP contribution in [0.2, 0.25) is 0 Å². The minimum absolute atomic E-state index is 0.0208. The zero-order chi connectivity index (χ0) is 16.9. The summed E-state index contributed by atoms with van der Waals surface area (Å²) in [5.74, 6) is 0.166. The Labute approximate surface area is 137 Å². The summed E-state index contributed by atoms with van der Waals surface area (Å²) in [6, 6.07) is 6.99. The van der Waals surface area contributed by atoms with E-state index in [2.05, 4.69) is 20.5 Å². The average molecular weight is 322 g/mol. The minimum Gasteiger partial charge on any atom is -0.486 e. The van der Waals surface area contributed by atoms with Crippen LogP contribution in [-0.4, -0.2) is 34.4 Å². The molecule has 2 aromatic heterocycles. The molecule has 0 aromatic carbocycles. The van der Waals surface area contributed by atoms with Crippen molar-refractivity contribution in [2.75, 3.05) is 13.1 Å². The molecule has 1 aliphatic rings. The molecular formula is C16H14N6O2. The van der Waals surface area contributed by atoms with E-state index in [4.69, 9.17) is 10.00 Å². The summed E-state index contributed by atoms with van der Waals surface area (Å²) in [6.07, 6.45) is 2.89. The van der Waals surface area contributed by atoms with Gasteiger partial charge in [-0.1, -0.05) is 0 Å². The molecule has 0 radical (unpaired) electrons. The number of nitrogens with zero attached hydrogens (tertiary/aromatic N) is 4. The van der Waals surface area contributed by atoms with E-state index >= 15 is 0 Å². The highest BCUT2D eigenvalue weighted by atomic mass is 16.5. The molecule has 1 aliphatic heterocycles. The number of nitriles is 2. The molecule has 0 spiro atoms. The number of aromatic amines is 1. The molecular weight excluding hydrogens is 308 g/mol. The summed E-state index contributed by atoms with van der Waals surface area (Å²) in [5.41, 5.74) is 0.470. The van der Waals surface area contributed by atoms with E-state index in [0.717, 1.165) is 25.9 Å². The summed E-state index contributed by atoms with van der Waals surface area (Å²) >= 11 is 0. The van der Waals surface area contributed by atoms with Crippen LogP contribution in [0.5, 0.6) is 5.75 Å².